The molecule has 3 nitrogen and oxygen atoms in total. The van der Waals surface area contributed by atoms with Crippen molar-refractivity contribution >= 4 is 17.4 Å². The monoisotopic (exact) mass is 306 g/mol. The quantitative estimate of drug-likeness (QED) is 0.755. The Kier molecular flexibility index (Phi) is 4.94. The molecule has 4 heteroatoms. The molecule has 0 amide bonds. The maximum absolute atomic E-state index is 12.2. The SMILES string of the molecule is O=C(CCN1CCN(CC2CC2)CC1)c1ccccc1Cl. The van der Waals surface area contributed by atoms with Crippen molar-refractivity contribution in [3.05, 3.63) is 34.9 Å². The molecule has 1 aromatic carbocycles. The molecule has 21 heavy (non-hydrogen) atoms. The molecule has 0 N–H and O–H groups in total. The van der Waals surface area contributed by atoms with Crippen LogP contribution in [0, 0.1) is 5.92 Å². The lowest BCUT2D eigenvalue weighted by molar-refractivity contribution is 0.0925. The van der Waals surface area contributed by atoms with Gasteiger partial charge in [-0.3, -0.25) is 4.79 Å². The Hall–Kier alpha value is -0.900. The van der Waals surface area contributed by atoms with Gasteiger partial charge in [-0.2, -0.15) is 0 Å². The second kappa shape index (κ2) is 6.91. The lowest BCUT2D eigenvalue weighted by atomic mass is 10.1. The number of hydrogen-bond donors (Lipinski definition) is 0. The molecular weight excluding hydrogens is 284 g/mol. The van der Waals surface area contributed by atoms with E-state index in [1.807, 2.05) is 18.2 Å². The van der Waals surface area contributed by atoms with Gasteiger partial charge in [0, 0.05) is 51.3 Å². The van der Waals surface area contributed by atoms with Gasteiger partial charge >= 0.3 is 0 Å². The van der Waals surface area contributed by atoms with Gasteiger partial charge in [-0.05, 0) is 30.9 Å². The Morgan fingerprint density at radius 2 is 1.76 bits per heavy atom. The summed E-state index contributed by atoms with van der Waals surface area (Å²) in [6, 6.07) is 7.33. The van der Waals surface area contributed by atoms with Crippen molar-refractivity contribution in [2.24, 2.45) is 5.92 Å². The van der Waals surface area contributed by atoms with E-state index in [0.29, 0.717) is 17.0 Å². The first-order valence-corrected chi connectivity index (χ1v) is 8.32. The summed E-state index contributed by atoms with van der Waals surface area (Å²) >= 11 is 6.07. The van der Waals surface area contributed by atoms with Crippen molar-refractivity contribution in [3.63, 3.8) is 0 Å². The summed E-state index contributed by atoms with van der Waals surface area (Å²) in [5, 5.41) is 0.566. The highest BCUT2D eigenvalue weighted by atomic mass is 35.5. The standard InChI is InChI=1S/C17H23ClN2O/c18-16-4-2-1-3-15(16)17(21)7-8-19-9-11-20(12-10-19)13-14-5-6-14/h1-4,14H,5-13H2. The Morgan fingerprint density at radius 1 is 1.10 bits per heavy atom. The van der Waals surface area contributed by atoms with Crippen molar-refractivity contribution in [2.45, 2.75) is 19.3 Å². The fourth-order valence-corrected chi connectivity index (χ4v) is 3.18. The van der Waals surface area contributed by atoms with Crippen LogP contribution in [0.3, 0.4) is 0 Å². The van der Waals surface area contributed by atoms with Gasteiger partial charge in [0.15, 0.2) is 5.78 Å². The first-order chi connectivity index (χ1) is 10.2. The number of hydrogen-bond acceptors (Lipinski definition) is 3. The van der Waals surface area contributed by atoms with Crippen molar-refractivity contribution in [1.29, 1.82) is 0 Å². The summed E-state index contributed by atoms with van der Waals surface area (Å²) in [6.45, 7) is 6.60. The molecule has 1 saturated heterocycles. The van der Waals surface area contributed by atoms with E-state index in [4.69, 9.17) is 11.6 Å². The van der Waals surface area contributed by atoms with Gasteiger partial charge in [0.2, 0.25) is 0 Å². The summed E-state index contributed by atoms with van der Waals surface area (Å²) in [7, 11) is 0. The highest BCUT2D eigenvalue weighted by Gasteiger charge is 2.26. The van der Waals surface area contributed by atoms with Crippen LogP contribution in [0.2, 0.25) is 5.02 Å². The number of carbonyl (C=O) groups excluding carboxylic acids is 1. The summed E-state index contributed by atoms with van der Waals surface area (Å²) in [4.78, 5) is 17.2. The second-order valence-electron chi connectivity index (χ2n) is 6.24. The number of rotatable bonds is 6. The van der Waals surface area contributed by atoms with E-state index in [9.17, 15) is 4.79 Å². The molecule has 2 aliphatic rings. The lowest BCUT2D eigenvalue weighted by Crippen LogP contribution is -2.47. The summed E-state index contributed by atoms with van der Waals surface area (Å²) in [5.74, 6) is 1.12. The summed E-state index contributed by atoms with van der Waals surface area (Å²) < 4.78 is 0. The molecule has 1 aromatic rings. The first-order valence-electron chi connectivity index (χ1n) is 7.95. The molecule has 0 radical (unpaired) electrons. The minimum atomic E-state index is 0.154. The van der Waals surface area contributed by atoms with Crippen molar-refractivity contribution in [2.75, 3.05) is 39.3 Å². The van der Waals surface area contributed by atoms with Gasteiger partial charge in [-0.1, -0.05) is 23.7 Å². The number of halogens is 1. The highest BCUT2D eigenvalue weighted by molar-refractivity contribution is 6.33. The average Bonchev–Trinajstić information content (AvgIpc) is 3.31. The van der Waals surface area contributed by atoms with Gasteiger partial charge in [0.1, 0.15) is 0 Å². The molecule has 1 aliphatic carbocycles. The number of ketones is 1. The van der Waals surface area contributed by atoms with Gasteiger partial charge in [-0.15, -0.1) is 0 Å². The van der Waals surface area contributed by atoms with Crippen LogP contribution in [0.25, 0.3) is 0 Å². The molecule has 1 aliphatic heterocycles. The van der Waals surface area contributed by atoms with Crippen molar-refractivity contribution in [3.8, 4) is 0 Å². The van der Waals surface area contributed by atoms with E-state index in [1.165, 1.54) is 19.4 Å². The van der Waals surface area contributed by atoms with Crippen LogP contribution in [0.5, 0.6) is 0 Å². The van der Waals surface area contributed by atoms with Gasteiger partial charge in [0.25, 0.3) is 0 Å². The summed E-state index contributed by atoms with van der Waals surface area (Å²) in [6.07, 6.45) is 3.41. The highest BCUT2D eigenvalue weighted by Crippen LogP contribution is 2.29. The third-order valence-electron chi connectivity index (χ3n) is 4.51. The third-order valence-corrected chi connectivity index (χ3v) is 4.84. The van der Waals surface area contributed by atoms with Crippen LogP contribution in [0.4, 0.5) is 0 Å². The molecule has 0 aromatic heterocycles. The van der Waals surface area contributed by atoms with E-state index in [-0.39, 0.29) is 5.78 Å². The molecular formula is C17H23ClN2O. The molecule has 1 saturated carbocycles. The van der Waals surface area contributed by atoms with Crippen molar-refractivity contribution < 1.29 is 4.79 Å². The maximum Gasteiger partial charge on any atom is 0.165 e. The van der Waals surface area contributed by atoms with Crippen molar-refractivity contribution in [1.82, 2.24) is 9.80 Å². The fourth-order valence-electron chi connectivity index (χ4n) is 2.94. The van der Waals surface area contributed by atoms with Crippen LogP contribution in [0.15, 0.2) is 24.3 Å². The number of nitrogens with zero attached hydrogens (tertiary/aromatic N) is 2. The van der Waals surface area contributed by atoms with E-state index < -0.39 is 0 Å². The number of piperazine rings is 1. The Labute approximate surface area is 131 Å². The predicted molar refractivity (Wildman–Crippen MR) is 86.0 cm³/mol. The van der Waals surface area contributed by atoms with Gasteiger partial charge in [-0.25, -0.2) is 0 Å². The van der Waals surface area contributed by atoms with Crippen LogP contribution in [0.1, 0.15) is 29.6 Å². The number of Topliss-reactive ketones (excluding diaryl/α,β-unsaturated/α-hetero) is 1. The lowest BCUT2D eigenvalue weighted by Gasteiger charge is -2.34. The smallest absolute Gasteiger partial charge is 0.165 e. The van der Waals surface area contributed by atoms with E-state index in [0.717, 1.165) is 38.6 Å². The largest absolute Gasteiger partial charge is 0.301 e. The van der Waals surface area contributed by atoms with Crippen LogP contribution >= 0.6 is 11.6 Å². The van der Waals surface area contributed by atoms with E-state index in [1.54, 1.807) is 6.07 Å². The molecule has 3 rings (SSSR count). The molecule has 0 bridgehead atoms. The normalized spacial score (nSPS) is 20.6. The van der Waals surface area contributed by atoms with Crippen LogP contribution in [-0.2, 0) is 0 Å². The number of benzene rings is 1. The first kappa shape index (κ1) is 15.0. The average molecular weight is 307 g/mol. The minimum absolute atomic E-state index is 0.154. The molecule has 114 valence electrons. The minimum Gasteiger partial charge on any atom is -0.301 e. The Bertz CT molecular complexity index is 493. The zero-order valence-corrected chi connectivity index (χ0v) is 13.2. The molecule has 2 fully saturated rings. The van der Waals surface area contributed by atoms with Crippen LogP contribution < -0.4 is 0 Å². The second-order valence-corrected chi connectivity index (χ2v) is 6.65. The molecule has 1 heterocycles. The van der Waals surface area contributed by atoms with E-state index in [2.05, 4.69) is 9.80 Å². The maximum atomic E-state index is 12.2. The predicted octanol–water partition coefficient (Wildman–Crippen LogP) is 2.94. The van der Waals surface area contributed by atoms with Gasteiger partial charge < -0.3 is 9.80 Å². The zero-order valence-electron chi connectivity index (χ0n) is 12.4. The van der Waals surface area contributed by atoms with E-state index >= 15 is 0 Å². The number of carbonyl (C=O) groups is 1. The van der Waals surface area contributed by atoms with Crippen LogP contribution in [-0.4, -0.2) is 54.9 Å². The third kappa shape index (κ3) is 4.29. The van der Waals surface area contributed by atoms with Gasteiger partial charge in [0.05, 0.1) is 5.02 Å². The molecule has 0 unspecified atom stereocenters. The Balaban J connectivity index is 1.41. The zero-order chi connectivity index (χ0) is 14.7. The Morgan fingerprint density at radius 3 is 2.43 bits per heavy atom. The molecule has 0 atom stereocenters. The fraction of sp³-hybridized carbons (Fsp3) is 0.588. The molecule has 0 spiro atoms. The topological polar surface area (TPSA) is 23.6 Å². The summed E-state index contributed by atoms with van der Waals surface area (Å²) in [5.41, 5.74) is 0.659.